The summed E-state index contributed by atoms with van der Waals surface area (Å²) in [4.78, 5) is 7.02. The van der Waals surface area contributed by atoms with E-state index >= 15 is 0 Å². The molecule has 114 valence electrons. The molecule has 1 aliphatic heterocycles. The first kappa shape index (κ1) is 17.2. The van der Waals surface area contributed by atoms with E-state index in [9.17, 15) is 0 Å². The predicted molar refractivity (Wildman–Crippen MR) is 84.4 cm³/mol. The van der Waals surface area contributed by atoms with Crippen LogP contribution < -0.4 is 10.5 Å². The minimum Gasteiger partial charge on any atom is -0.497 e. The maximum Gasteiger partial charge on any atom is 0.122 e. The minimum absolute atomic E-state index is 0. The number of rotatable bonds is 3. The van der Waals surface area contributed by atoms with E-state index in [-0.39, 0.29) is 17.8 Å². The van der Waals surface area contributed by atoms with Crippen LogP contribution in [-0.4, -0.2) is 36.1 Å². The summed E-state index contributed by atoms with van der Waals surface area (Å²) in [6.07, 6.45) is 1.05. The van der Waals surface area contributed by atoms with E-state index in [1.807, 2.05) is 19.1 Å². The second-order valence-corrected chi connectivity index (χ2v) is 6.23. The Balaban J connectivity index is 0.00000200. The van der Waals surface area contributed by atoms with Gasteiger partial charge < -0.3 is 10.5 Å². The molecule has 1 aromatic rings. The number of aryl methyl sites for hydroxylation is 1. The Labute approximate surface area is 128 Å². The van der Waals surface area contributed by atoms with Gasteiger partial charge in [0.15, 0.2) is 0 Å². The van der Waals surface area contributed by atoms with Crippen molar-refractivity contribution in [3.05, 3.63) is 23.5 Å². The number of nitrogens with two attached hydrogens (primary N) is 1. The number of aromatic nitrogens is 1. The number of hydrogen-bond acceptors (Lipinski definition) is 4. The van der Waals surface area contributed by atoms with E-state index in [2.05, 4.69) is 23.7 Å². The standard InChI is InChI=1S/C15H25N3O.ClH/c1-11-7-13(19-4)8-12(17-11)9-18-6-5-14(16)15(2,3)10-18;/h7-8,14H,5-6,9-10,16H2,1-4H3;1H. The summed E-state index contributed by atoms with van der Waals surface area (Å²) >= 11 is 0. The molecular weight excluding hydrogens is 274 g/mol. The van der Waals surface area contributed by atoms with Crippen LogP contribution in [0.1, 0.15) is 31.7 Å². The van der Waals surface area contributed by atoms with Crippen molar-refractivity contribution in [3.8, 4) is 5.75 Å². The van der Waals surface area contributed by atoms with Crippen LogP contribution in [0.4, 0.5) is 0 Å². The highest BCUT2D eigenvalue weighted by atomic mass is 35.5. The molecule has 0 bridgehead atoms. The van der Waals surface area contributed by atoms with Crippen LogP contribution in [0.5, 0.6) is 5.75 Å². The first-order valence-electron chi connectivity index (χ1n) is 6.90. The molecule has 1 aliphatic rings. The molecule has 1 fully saturated rings. The molecule has 1 saturated heterocycles. The van der Waals surface area contributed by atoms with Crippen molar-refractivity contribution >= 4 is 12.4 Å². The van der Waals surface area contributed by atoms with Crippen molar-refractivity contribution in [1.29, 1.82) is 0 Å². The molecular formula is C15H26ClN3O. The van der Waals surface area contributed by atoms with Crippen LogP contribution in [0.3, 0.4) is 0 Å². The molecule has 0 aromatic carbocycles. The number of methoxy groups -OCH3 is 1. The first-order chi connectivity index (χ1) is 8.90. The van der Waals surface area contributed by atoms with Crippen LogP contribution >= 0.6 is 12.4 Å². The van der Waals surface area contributed by atoms with E-state index in [1.165, 1.54) is 0 Å². The van der Waals surface area contributed by atoms with E-state index in [0.717, 1.165) is 43.2 Å². The molecule has 0 spiro atoms. The Bertz CT molecular complexity index is 451. The fourth-order valence-corrected chi connectivity index (χ4v) is 2.75. The van der Waals surface area contributed by atoms with Gasteiger partial charge in [-0.1, -0.05) is 13.8 Å². The number of piperidine rings is 1. The quantitative estimate of drug-likeness (QED) is 0.931. The minimum atomic E-state index is 0. The molecule has 0 saturated carbocycles. The van der Waals surface area contributed by atoms with Crippen molar-refractivity contribution in [2.24, 2.45) is 11.1 Å². The van der Waals surface area contributed by atoms with Crippen molar-refractivity contribution in [2.45, 2.75) is 39.8 Å². The van der Waals surface area contributed by atoms with Gasteiger partial charge in [-0.3, -0.25) is 9.88 Å². The third-order valence-electron chi connectivity index (χ3n) is 3.99. The monoisotopic (exact) mass is 299 g/mol. The van der Waals surface area contributed by atoms with E-state index < -0.39 is 0 Å². The Morgan fingerprint density at radius 3 is 2.75 bits per heavy atom. The van der Waals surface area contributed by atoms with Crippen LogP contribution in [0.15, 0.2) is 12.1 Å². The molecule has 0 aliphatic carbocycles. The first-order valence-corrected chi connectivity index (χ1v) is 6.90. The fraction of sp³-hybridized carbons (Fsp3) is 0.667. The summed E-state index contributed by atoms with van der Waals surface area (Å²) in [6, 6.07) is 4.28. The molecule has 1 aromatic heterocycles. The van der Waals surface area contributed by atoms with Crippen LogP contribution in [-0.2, 0) is 6.54 Å². The highest BCUT2D eigenvalue weighted by Crippen LogP contribution is 2.28. The molecule has 2 rings (SSSR count). The highest BCUT2D eigenvalue weighted by molar-refractivity contribution is 5.85. The number of nitrogens with zero attached hydrogens (tertiary/aromatic N) is 2. The van der Waals surface area contributed by atoms with Crippen molar-refractivity contribution in [3.63, 3.8) is 0 Å². The number of likely N-dealkylation sites (tertiary alicyclic amines) is 1. The second kappa shape index (κ2) is 6.74. The number of pyridine rings is 1. The molecule has 0 amide bonds. The third kappa shape index (κ3) is 4.08. The van der Waals surface area contributed by atoms with Gasteiger partial charge in [-0.25, -0.2) is 0 Å². The maximum absolute atomic E-state index is 6.18. The van der Waals surface area contributed by atoms with Gasteiger partial charge in [0.2, 0.25) is 0 Å². The summed E-state index contributed by atoms with van der Waals surface area (Å²) in [5, 5.41) is 0. The zero-order chi connectivity index (χ0) is 14.0. The molecule has 1 atom stereocenters. The maximum atomic E-state index is 6.18. The van der Waals surface area contributed by atoms with Crippen molar-refractivity contribution in [2.75, 3.05) is 20.2 Å². The lowest BCUT2D eigenvalue weighted by atomic mass is 9.79. The van der Waals surface area contributed by atoms with Crippen LogP contribution in [0, 0.1) is 12.3 Å². The lowest BCUT2D eigenvalue weighted by Crippen LogP contribution is -2.52. The lowest BCUT2D eigenvalue weighted by molar-refractivity contribution is 0.0888. The third-order valence-corrected chi connectivity index (χ3v) is 3.99. The summed E-state index contributed by atoms with van der Waals surface area (Å²) in [7, 11) is 1.70. The highest BCUT2D eigenvalue weighted by Gasteiger charge is 2.33. The molecule has 0 radical (unpaired) electrons. The van der Waals surface area contributed by atoms with Crippen LogP contribution in [0.2, 0.25) is 0 Å². The van der Waals surface area contributed by atoms with E-state index in [0.29, 0.717) is 6.04 Å². The average Bonchev–Trinajstić information content (AvgIpc) is 2.32. The van der Waals surface area contributed by atoms with Gasteiger partial charge in [-0.2, -0.15) is 0 Å². The zero-order valence-electron chi connectivity index (χ0n) is 12.8. The molecule has 20 heavy (non-hydrogen) atoms. The van der Waals surface area contributed by atoms with Gasteiger partial charge in [0.1, 0.15) is 5.75 Å². The summed E-state index contributed by atoms with van der Waals surface area (Å²) in [5.41, 5.74) is 8.42. The topological polar surface area (TPSA) is 51.4 Å². The smallest absolute Gasteiger partial charge is 0.122 e. The Hall–Kier alpha value is -0.840. The zero-order valence-corrected chi connectivity index (χ0v) is 13.7. The van der Waals surface area contributed by atoms with Crippen molar-refractivity contribution in [1.82, 2.24) is 9.88 Å². The van der Waals surface area contributed by atoms with Crippen molar-refractivity contribution < 1.29 is 4.74 Å². The molecule has 4 nitrogen and oxygen atoms in total. The number of hydrogen-bond donors (Lipinski definition) is 1. The Kier molecular flexibility index (Phi) is 5.80. The van der Waals surface area contributed by atoms with Gasteiger partial charge in [0, 0.05) is 43.5 Å². The largest absolute Gasteiger partial charge is 0.497 e. The van der Waals surface area contributed by atoms with E-state index in [1.54, 1.807) is 7.11 Å². The lowest BCUT2D eigenvalue weighted by Gasteiger charge is -2.42. The second-order valence-electron chi connectivity index (χ2n) is 6.23. The molecule has 1 unspecified atom stereocenters. The Morgan fingerprint density at radius 2 is 2.15 bits per heavy atom. The van der Waals surface area contributed by atoms with Gasteiger partial charge in [-0.05, 0) is 18.8 Å². The van der Waals surface area contributed by atoms with E-state index in [4.69, 9.17) is 10.5 Å². The van der Waals surface area contributed by atoms with Crippen LogP contribution in [0.25, 0.3) is 0 Å². The Morgan fingerprint density at radius 1 is 1.45 bits per heavy atom. The molecule has 2 heterocycles. The van der Waals surface area contributed by atoms with Gasteiger partial charge >= 0.3 is 0 Å². The van der Waals surface area contributed by atoms with Gasteiger partial charge in [-0.15, -0.1) is 12.4 Å². The summed E-state index contributed by atoms with van der Waals surface area (Å²) < 4.78 is 5.30. The normalized spacial score (nSPS) is 22.1. The van der Waals surface area contributed by atoms with Gasteiger partial charge in [0.05, 0.1) is 12.8 Å². The number of halogens is 1. The summed E-state index contributed by atoms with van der Waals surface area (Å²) in [5.74, 6) is 0.885. The predicted octanol–water partition coefficient (Wildman–Crippen LogP) is 2.38. The van der Waals surface area contributed by atoms with Gasteiger partial charge in [0.25, 0.3) is 0 Å². The average molecular weight is 300 g/mol. The summed E-state index contributed by atoms with van der Waals surface area (Å²) in [6.45, 7) is 9.42. The fourth-order valence-electron chi connectivity index (χ4n) is 2.75. The molecule has 2 N–H and O–H groups in total. The number of ether oxygens (including phenoxy) is 1. The SMILES string of the molecule is COc1cc(C)nc(CN2CCC(N)C(C)(C)C2)c1.Cl. The molecule has 5 heteroatoms.